The third-order valence-electron chi connectivity index (χ3n) is 3.97. The number of non-ortho nitro benzene ring substituents is 1. The van der Waals surface area contributed by atoms with Crippen LogP contribution < -0.4 is 15.4 Å². The maximum Gasteiger partial charge on any atom is 0.306 e. The summed E-state index contributed by atoms with van der Waals surface area (Å²) in [5.41, 5.74) is 0.821. The van der Waals surface area contributed by atoms with Crippen LogP contribution in [0.15, 0.2) is 48.5 Å². The molecular formula is C21H23N3O7. The highest BCUT2D eigenvalue weighted by molar-refractivity contribution is 5.94. The minimum absolute atomic E-state index is 0.0313. The Balaban J connectivity index is 1.67. The van der Waals surface area contributed by atoms with E-state index in [-0.39, 0.29) is 30.9 Å². The molecule has 31 heavy (non-hydrogen) atoms. The van der Waals surface area contributed by atoms with E-state index < -0.39 is 23.4 Å². The number of hydrogen-bond acceptors (Lipinski definition) is 7. The van der Waals surface area contributed by atoms with Gasteiger partial charge in [-0.3, -0.25) is 24.5 Å². The summed E-state index contributed by atoms with van der Waals surface area (Å²) in [5, 5.41) is 15.8. The standard InChI is InChI=1S/C21H23N3O7/c1-2-30-18-7-4-3-6-17(18)23-20(26)14-31-21(27)9-5-8-19(25)22-15-10-12-16(13-11-15)24(28)29/h3-4,6-7,10-13H,2,5,8-9,14H2,1H3,(H,22,25)(H,23,26). The number of ether oxygens (including phenoxy) is 2. The second-order valence-corrected chi connectivity index (χ2v) is 6.34. The molecule has 2 aromatic rings. The van der Waals surface area contributed by atoms with Gasteiger partial charge in [-0.05, 0) is 37.6 Å². The highest BCUT2D eigenvalue weighted by Gasteiger charge is 2.12. The Labute approximate surface area is 178 Å². The number of esters is 1. The molecule has 0 spiro atoms. The zero-order valence-corrected chi connectivity index (χ0v) is 17.0. The zero-order valence-electron chi connectivity index (χ0n) is 17.0. The lowest BCUT2D eigenvalue weighted by Crippen LogP contribution is -2.21. The van der Waals surface area contributed by atoms with Crippen LogP contribution in [0, 0.1) is 10.1 Å². The smallest absolute Gasteiger partial charge is 0.306 e. The van der Waals surface area contributed by atoms with Crippen molar-refractivity contribution in [2.75, 3.05) is 23.8 Å². The maximum atomic E-state index is 12.0. The first kappa shape index (κ1) is 23.3. The molecule has 0 aliphatic heterocycles. The van der Waals surface area contributed by atoms with Gasteiger partial charge in [0.05, 0.1) is 17.2 Å². The number of hydrogen-bond donors (Lipinski definition) is 2. The van der Waals surface area contributed by atoms with Crippen molar-refractivity contribution in [1.29, 1.82) is 0 Å². The lowest BCUT2D eigenvalue weighted by atomic mass is 10.2. The predicted octanol–water partition coefficient (Wildman–Crippen LogP) is 3.28. The molecule has 10 heteroatoms. The van der Waals surface area contributed by atoms with Crippen molar-refractivity contribution < 1.29 is 28.8 Å². The molecule has 0 aliphatic carbocycles. The van der Waals surface area contributed by atoms with Crippen LogP contribution in [0.1, 0.15) is 26.2 Å². The molecule has 0 atom stereocenters. The number of benzene rings is 2. The van der Waals surface area contributed by atoms with E-state index in [0.717, 1.165) is 0 Å². The molecule has 2 rings (SSSR count). The molecule has 2 N–H and O–H groups in total. The van der Waals surface area contributed by atoms with E-state index in [0.29, 0.717) is 23.7 Å². The van der Waals surface area contributed by atoms with E-state index in [1.165, 1.54) is 24.3 Å². The number of rotatable bonds is 11. The zero-order chi connectivity index (χ0) is 22.6. The van der Waals surface area contributed by atoms with Gasteiger partial charge in [-0.1, -0.05) is 12.1 Å². The van der Waals surface area contributed by atoms with Crippen LogP contribution in [0.25, 0.3) is 0 Å². The van der Waals surface area contributed by atoms with Crippen molar-refractivity contribution in [1.82, 2.24) is 0 Å². The fourth-order valence-corrected chi connectivity index (χ4v) is 2.54. The minimum atomic E-state index is -0.601. The number of amides is 2. The van der Waals surface area contributed by atoms with Gasteiger partial charge in [0.1, 0.15) is 5.75 Å². The van der Waals surface area contributed by atoms with Gasteiger partial charge in [-0.25, -0.2) is 0 Å². The molecule has 0 heterocycles. The molecule has 0 saturated heterocycles. The summed E-state index contributed by atoms with van der Waals surface area (Å²) in [4.78, 5) is 45.7. The second kappa shape index (κ2) is 11.9. The molecule has 0 aliphatic rings. The molecule has 0 fully saturated rings. The van der Waals surface area contributed by atoms with Crippen molar-refractivity contribution in [3.05, 3.63) is 58.6 Å². The van der Waals surface area contributed by atoms with Gasteiger partial charge in [-0.2, -0.15) is 0 Å². The number of carbonyl (C=O) groups is 3. The highest BCUT2D eigenvalue weighted by atomic mass is 16.6. The Morgan fingerprint density at radius 1 is 0.968 bits per heavy atom. The number of nitrogens with zero attached hydrogens (tertiary/aromatic N) is 1. The highest BCUT2D eigenvalue weighted by Crippen LogP contribution is 2.23. The summed E-state index contributed by atoms with van der Waals surface area (Å²) < 4.78 is 10.3. The monoisotopic (exact) mass is 429 g/mol. The first-order chi connectivity index (χ1) is 14.9. The first-order valence-electron chi connectivity index (χ1n) is 9.60. The first-order valence-corrected chi connectivity index (χ1v) is 9.60. The summed E-state index contributed by atoms with van der Waals surface area (Å²) in [6.45, 7) is 1.82. The summed E-state index contributed by atoms with van der Waals surface area (Å²) in [6, 6.07) is 12.3. The van der Waals surface area contributed by atoms with E-state index in [2.05, 4.69) is 10.6 Å². The average Bonchev–Trinajstić information content (AvgIpc) is 2.74. The summed E-state index contributed by atoms with van der Waals surface area (Å²) in [6.07, 6.45) is 0.253. The second-order valence-electron chi connectivity index (χ2n) is 6.34. The van der Waals surface area contributed by atoms with Crippen molar-refractivity contribution >= 4 is 34.8 Å². The van der Waals surface area contributed by atoms with Gasteiger partial charge in [-0.15, -0.1) is 0 Å². The normalized spacial score (nSPS) is 10.1. The molecule has 10 nitrogen and oxygen atoms in total. The quantitative estimate of drug-likeness (QED) is 0.318. The number of para-hydroxylation sites is 2. The molecule has 0 aromatic heterocycles. The van der Waals surface area contributed by atoms with E-state index in [1.54, 1.807) is 24.3 Å². The van der Waals surface area contributed by atoms with E-state index in [4.69, 9.17) is 9.47 Å². The third kappa shape index (κ3) is 8.13. The largest absolute Gasteiger partial charge is 0.492 e. The van der Waals surface area contributed by atoms with Crippen molar-refractivity contribution in [3.8, 4) is 5.75 Å². The molecule has 0 saturated carbocycles. The number of carbonyl (C=O) groups excluding carboxylic acids is 3. The van der Waals surface area contributed by atoms with Crippen LogP contribution in [0.4, 0.5) is 17.1 Å². The topological polar surface area (TPSA) is 137 Å². The van der Waals surface area contributed by atoms with Crippen LogP contribution >= 0.6 is 0 Å². The summed E-state index contributed by atoms with van der Waals surface area (Å²) in [7, 11) is 0. The Morgan fingerprint density at radius 2 is 1.68 bits per heavy atom. The number of anilines is 2. The number of nitro benzene ring substituents is 1. The third-order valence-corrected chi connectivity index (χ3v) is 3.97. The molecule has 0 unspecified atom stereocenters. The van der Waals surface area contributed by atoms with E-state index >= 15 is 0 Å². The van der Waals surface area contributed by atoms with Crippen LogP contribution in [0.3, 0.4) is 0 Å². The van der Waals surface area contributed by atoms with Gasteiger partial charge < -0.3 is 20.1 Å². The predicted molar refractivity (Wildman–Crippen MR) is 113 cm³/mol. The molecule has 164 valence electrons. The van der Waals surface area contributed by atoms with Gasteiger partial charge >= 0.3 is 5.97 Å². The molecule has 2 aromatic carbocycles. The fourth-order valence-electron chi connectivity index (χ4n) is 2.54. The van der Waals surface area contributed by atoms with Crippen LogP contribution in [0.2, 0.25) is 0 Å². The molecule has 2 amide bonds. The van der Waals surface area contributed by atoms with Gasteiger partial charge in [0.25, 0.3) is 11.6 Å². The van der Waals surface area contributed by atoms with Gasteiger partial charge in [0.15, 0.2) is 6.61 Å². The lowest BCUT2D eigenvalue weighted by Gasteiger charge is -2.11. The van der Waals surface area contributed by atoms with E-state index in [1.807, 2.05) is 6.92 Å². The van der Waals surface area contributed by atoms with Crippen molar-refractivity contribution in [2.45, 2.75) is 26.2 Å². The summed E-state index contributed by atoms with van der Waals surface area (Å²) >= 11 is 0. The Hall–Kier alpha value is -3.95. The van der Waals surface area contributed by atoms with Gasteiger partial charge in [0, 0.05) is 30.7 Å². The Morgan fingerprint density at radius 3 is 2.35 bits per heavy atom. The van der Waals surface area contributed by atoms with Gasteiger partial charge in [0.2, 0.25) is 5.91 Å². The summed E-state index contributed by atoms with van der Waals surface area (Å²) in [5.74, 6) is -0.927. The maximum absolute atomic E-state index is 12.0. The van der Waals surface area contributed by atoms with Crippen LogP contribution in [-0.2, 0) is 19.1 Å². The van der Waals surface area contributed by atoms with Crippen LogP contribution in [0.5, 0.6) is 5.75 Å². The average molecular weight is 429 g/mol. The molecule has 0 bridgehead atoms. The lowest BCUT2D eigenvalue weighted by molar-refractivity contribution is -0.384. The Bertz CT molecular complexity index is 929. The SMILES string of the molecule is CCOc1ccccc1NC(=O)COC(=O)CCCC(=O)Nc1ccc([N+](=O)[O-])cc1. The fraction of sp³-hybridized carbons (Fsp3) is 0.286. The molecular weight excluding hydrogens is 406 g/mol. The van der Waals surface area contributed by atoms with Crippen molar-refractivity contribution in [2.24, 2.45) is 0 Å². The number of nitrogens with one attached hydrogen (secondary N) is 2. The minimum Gasteiger partial charge on any atom is -0.492 e. The number of nitro groups is 1. The molecule has 0 radical (unpaired) electrons. The Kier molecular flexibility index (Phi) is 8.96. The van der Waals surface area contributed by atoms with Crippen LogP contribution in [-0.4, -0.2) is 35.9 Å². The van der Waals surface area contributed by atoms with Crippen molar-refractivity contribution in [3.63, 3.8) is 0 Å². The van der Waals surface area contributed by atoms with E-state index in [9.17, 15) is 24.5 Å².